The van der Waals surface area contributed by atoms with Crippen LogP contribution in [0, 0.1) is 5.92 Å². The number of aryl methyl sites for hydroxylation is 1. The Morgan fingerprint density at radius 1 is 1.14 bits per heavy atom. The standard InChI is InChI=1S/C24H25NO2S.ClH/c1-25(16-23(26)27)15-20-10-9-18-14-19(22-8-5-13-28-22)11-12-21(18)24(20)17-6-3-2-4-7-17;/h2-8,11-14,20,24H,9-10,15-16H2,1H3,(H,26,27);1H. The number of hydrogen-bond donors (Lipinski definition) is 1. The Morgan fingerprint density at radius 2 is 1.93 bits per heavy atom. The van der Waals surface area contributed by atoms with E-state index in [4.69, 9.17) is 5.11 Å². The highest BCUT2D eigenvalue weighted by molar-refractivity contribution is 7.13. The first kappa shape index (κ1) is 21.6. The van der Waals surface area contributed by atoms with E-state index in [-0.39, 0.29) is 19.0 Å². The van der Waals surface area contributed by atoms with Gasteiger partial charge in [-0.1, -0.05) is 54.6 Å². The van der Waals surface area contributed by atoms with Gasteiger partial charge in [-0.3, -0.25) is 9.69 Å². The van der Waals surface area contributed by atoms with Crippen molar-refractivity contribution < 1.29 is 9.90 Å². The van der Waals surface area contributed by atoms with Crippen molar-refractivity contribution in [2.75, 3.05) is 20.1 Å². The Labute approximate surface area is 182 Å². The highest BCUT2D eigenvalue weighted by Crippen LogP contribution is 2.42. The van der Waals surface area contributed by atoms with Gasteiger partial charge < -0.3 is 5.11 Å². The van der Waals surface area contributed by atoms with Crippen LogP contribution in [-0.4, -0.2) is 36.1 Å². The van der Waals surface area contributed by atoms with Crippen LogP contribution in [-0.2, 0) is 11.2 Å². The van der Waals surface area contributed by atoms with Gasteiger partial charge in [-0.05, 0) is 59.5 Å². The second-order valence-corrected chi connectivity index (χ2v) is 8.62. The molecule has 0 bridgehead atoms. The third kappa shape index (κ3) is 4.89. The maximum atomic E-state index is 11.1. The largest absolute Gasteiger partial charge is 0.480 e. The number of halogens is 1. The number of carboxylic acids is 1. The molecule has 3 aromatic rings. The molecule has 0 fully saturated rings. The van der Waals surface area contributed by atoms with E-state index in [9.17, 15) is 4.79 Å². The van der Waals surface area contributed by atoms with E-state index in [0.717, 1.165) is 19.4 Å². The van der Waals surface area contributed by atoms with Gasteiger partial charge in [0.2, 0.25) is 0 Å². The molecule has 1 aromatic heterocycles. The van der Waals surface area contributed by atoms with Gasteiger partial charge in [-0.2, -0.15) is 0 Å². The van der Waals surface area contributed by atoms with Gasteiger partial charge in [0.25, 0.3) is 0 Å². The van der Waals surface area contributed by atoms with E-state index < -0.39 is 5.97 Å². The minimum absolute atomic E-state index is 0. The predicted molar refractivity (Wildman–Crippen MR) is 122 cm³/mol. The zero-order valence-electron chi connectivity index (χ0n) is 16.5. The Balaban J connectivity index is 0.00000240. The summed E-state index contributed by atoms with van der Waals surface area (Å²) >= 11 is 1.78. The van der Waals surface area contributed by atoms with Crippen LogP contribution in [0.5, 0.6) is 0 Å². The first-order valence-electron chi connectivity index (χ1n) is 9.74. The maximum absolute atomic E-state index is 11.1. The third-order valence-corrected chi connectivity index (χ3v) is 6.57. The van der Waals surface area contributed by atoms with Crippen molar-refractivity contribution in [1.82, 2.24) is 4.90 Å². The molecule has 3 nitrogen and oxygen atoms in total. The lowest BCUT2D eigenvalue weighted by molar-refractivity contribution is -0.138. The molecule has 0 radical (unpaired) electrons. The van der Waals surface area contributed by atoms with E-state index in [2.05, 4.69) is 66.0 Å². The summed E-state index contributed by atoms with van der Waals surface area (Å²) in [5.41, 5.74) is 5.44. The fraction of sp³-hybridized carbons (Fsp3) is 0.292. The van der Waals surface area contributed by atoms with Crippen LogP contribution in [0.15, 0.2) is 66.0 Å². The van der Waals surface area contributed by atoms with Crippen LogP contribution < -0.4 is 0 Å². The maximum Gasteiger partial charge on any atom is 0.317 e. The molecule has 0 saturated heterocycles. The highest BCUT2D eigenvalue weighted by Gasteiger charge is 2.32. The summed E-state index contributed by atoms with van der Waals surface area (Å²) in [6.45, 7) is 0.875. The first-order chi connectivity index (χ1) is 13.6. The number of aliphatic carboxylic acids is 1. The van der Waals surface area contributed by atoms with Crippen molar-refractivity contribution in [2.45, 2.75) is 18.8 Å². The SMILES string of the molecule is CN(CC(=O)O)CC1CCc2cc(-c3cccs3)ccc2C1c1ccccc1.Cl. The van der Waals surface area contributed by atoms with Gasteiger partial charge >= 0.3 is 5.97 Å². The number of nitrogens with zero attached hydrogens (tertiary/aromatic N) is 1. The van der Waals surface area contributed by atoms with E-state index in [0.29, 0.717) is 11.8 Å². The molecular formula is C24H26ClNO2S. The number of benzene rings is 2. The van der Waals surface area contributed by atoms with Gasteiger partial charge in [0.1, 0.15) is 0 Å². The number of carboxylic acid groups (broad SMARTS) is 1. The molecule has 152 valence electrons. The van der Waals surface area contributed by atoms with E-state index in [1.807, 2.05) is 11.9 Å². The second kappa shape index (κ2) is 9.57. The van der Waals surface area contributed by atoms with Crippen molar-refractivity contribution >= 4 is 29.7 Å². The molecule has 29 heavy (non-hydrogen) atoms. The fourth-order valence-corrected chi connectivity index (χ4v) is 5.21. The normalized spacial score (nSPS) is 18.1. The number of hydrogen-bond acceptors (Lipinski definition) is 3. The summed E-state index contributed by atoms with van der Waals surface area (Å²) in [4.78, 5) is 14.4. The summed E-state index contributed by atoms with van der Waals surface area (Å²) in [5.74, 6) is -0.0546. The molecule has 2 atom stereocenters. The van der Waals surface area contributed by atoms with Crippen molar-refractivity contribution in [3.63, 3.8) is 0 Å². The smallest absolute Gasteiger partial charge is 0.317 e. The van der Waals surface area contributed by atoms with Crippen molar-refractivity contribution in [3.8, 4) is 10.4 Å². The van der Waals surface area contributed by atoms with Crippen LogP contribution in [0.2, 0.25) is 0 Å². The molecule has 5 heteroatoms. The highest BCUT2D eigenvalue weighted by atomic mass is 35.5. The predicted octanol–water partition coefficient (Wildman–Crippen LogP) is 5.55. The summed E-state index contributed by atoms with van der Waals surface area (Å²) in [6, 6.07) is 21.8. The summed E-state index contributed by atoms with van der Waals surface area (Å²) in [6.07, 6.45) is 2.12. The number of carbonyl (C=O) groups is 1. The van der Waals surface area contributed by atoms with Gasteiger partial charge in [0.05, 0.1) is 6.54 Å². The summed E-state index contributed by atoms with van der Waals surface area (Å²) in [5, 5.41) is 11.3. The number of fused-ring (bicyclic) bond motifs is 1. The number of thiophene rings is 1. The first-order valence-corrected chi connectivity index (χ1v) is 10.6. The molecule has 0 saturated carbocycles. The molecule has 1 aliphatic carbocycles. The Hall–Kier alpha value is -2.14. The average Bonchev–Trinajstić information content (AvgIpc) is 3.22. The lowest BCUT2D eigenvalue weighted by Crippen LogP contribution is -2.35. The Morgan fingerprint density at radius 3 is 2.62 bits per heavy atom. The van der Waals surface area contributed by atoms with Gasteiger partial charge in [-0.15, -0.1) is 23.7 Å². The third-order valence-electron chi connectivity index (χ3n) is 5.65. The molecule has 2 aromatic carbocycles. The quantitative estimate of drug-likeness (QED) is 0.560. The lowest BCUT2D eigenvalue weighted by Gasteiger charge is -2.36. The molecule has 1 N–H and O–H groups in total. The van der Waals surface area contributed by atoms with Crippen LogP contribution in [0.3, 0.4) is 0 Å². The van der Waals surface area contributed by atoms with Crippen molar-refractivity contribution in [1.29, 1.82) is 0 Å². The fourth-order valence-electron chi connectivity index (χ4n) is 4.49. The molecule has 0 amide bonds. The van der Waals surface area contributed by atoms with Gasteiger partial charge in [0.15, 0.2) is 0 Å². The zero-order valence-corrected chi connectivity index (χ0v) is 18.1. The number of rotatable bonds is 6. The minimum Gasteiger partial charge on any atom is -0.480 e. The van der Waals surface area contributed by atoms with E-state index in [1.165, 1.54) is 27.1 Å². The van der Waals surface area contributed by atoms with Gasteiger partial charge in [0, 0.05) is 17.3 Å². The topological polar surface area (TPSA) is 40.5 Å². The summed E-state index contributed by atoms with van der Waals surface area (Å²) < 4.78 is 0. The summed E-state index contributed by atoms with van der Waals surface area (Å²) in [7, 11) is 1.91. The van der Waals surface area contributed by atoms with Gasteiger partial charge in [-0.25, -0.2) is 0 Å². The Kier molecular flexibility index (Phi) is 7.12. The van der Waals surface area contributed by atoms with Crippen LogP contribution in [0.4, 0.5) is 0 Å². The van der Waals surface area contributed by atoms with E-state index in [1.54, 1.807) is 11.3 Å². The molecular weight excluding hydrogens is 402 g/mol. The van der Waals surface area contributed by atoms with Crippen LogP contribution in [0.1, 0.15) is 29.0 Å². The van der Waals surface area contributed by atoms with Crippen LogP contribution in [0.25, 0.3) is 10.4 Å². The Bertz CT molecular complexity index is 943. The molecule has 4 rings (SSSR count). The molecule has 0 aliphatic heterocycles. The molecule has 0 spiro atoms. The molecule has 1 aliphatic rings. The molecule has 1 heterocycles. The molecule has 2 unspecified atom stereocenters. The number of likely N-dealkylation sites (N-methyl/N-ethyl adjacent to an activating group) is 1. The minimum atomic E-state index is -0.768. The second-order valence-electron chi connectivity index (χ2n) is 7.67. The van der Waals surface area contributed by atoms with E-state index >= 15 is 0 Å². The average molecular weight is 428 g/mol. The zero-order chi connectivity index (χ0) is 19.5. The van der Waals surface area contributed by atoms with Crippen molar-refractivity contribution in [3.05, 3.63) is 82.7 Å². The monoisotopic (exact) mass is 427 g/mol. The van der Waals surface area contributed by atoms with Crippen LogP contribution >= 0.6 is 23.7 Å². The van der Waals surface area contributed by atoms with Crippen molar-refractivity contribution in [2.24, 2.45) is 5.92 Å². The lowest BCUT2D eigenvalue weighted by atomic mass is 9.71.